The maximum Gasteiger partial charge on any atom is 0.273 e. The Balaban J connectivity index is 1.67. The quantitative estimate of drug-likeness (QED) is 0.872. The van der Waals surface area contributed by atoms with Crippen LogP contribution in [0.25, 0.3) is 0 Å². The van der Waals surface area contributed by atoms with Crippen LogP contribution in [0, 0.1) is 11.7 Å². The van der Waals surface area contributed by atoms with Crippen LogP contribution in [0.2, 0.25) is 0 Å². The molecule has 1 unspecified atom stereocenters. The zero-order chi connectivity index (χ0) is 19.4. The van der Waals surface area contributed by atoms with Crippen molar-refractivity contribution in [3.63, 3.8) is 0 Å². The smallest absolute Gasteiger partial charge is 0.273 e. The molecule has 2 amide bonds. The number of rotatable bonds is 5. The van der Waals surface area contributed by atoms with Crippen molar-refractivity contribution in [1.29, 1.82) is 0 Å². The molecule has 1 fully saturated rings. The summed E-state index contributed by atoms with van der Waals surface area (Å²) in [5.41, 5.74) is 0.332. The molecule has 8 heteroatoms. The molecule has 27 heavy (non-hydrogen) atoms. The summed E-state index contributed by atoms with van der Waals surface area (Å²) >= 11 is 0. The molecular formula is C19H24FN5O2. The van der Waals surface area contributed by atoms with Crippen molar-refractivity contribution in [2.24, 2.45) is 5.92 Å². The Kier molecular flexibility index (Phi) is 5.83. The van der Waals surface area contributed by atoms with Gasteiger partial charge in [0.2, 0.25) is 0 Å². The number of piperidine rings is 1. The fourth-order valence-corrected chi connectivity index (χ4v) is 3.11. The van der Waals surface area contributed by atoms with E-state index in [9.17, 15) is 14.0 Å². The molecule has 144 valence electrons. The van der Waals surface area contributed by atoms with Gasteiger partial charge in [-0.05, 0) is 30.9 Å². The summed E-state index contributed by atoms with van der Waals surface area (Å²) in [5.74, 6) is -0.757. The lowest BCUT2D eigenvalue weighted by Crippen LogP contribution is -2.41. The Morgan fingerprint density at radius 3 is 2.85 bits per heavy atom. The summed E-state index contributed by atoms with van der Waals surface area (Å²) in [6.45, 7) is 5.57. The van der Waals surface area contributed by atoms with Crippen LogP contribution in [0.1, 0.15) is 53.6 Å². The van der Waals surface area contributed by atoms with Gasteiger partial charge in [-0.1, -0.05) is 31.2 Å². The molecule has 2 aromatic rings. The van der Waals surface area contributed by atoms with E-state index in [-0.39, 0.29) is 29.1 Å². The van der Waals surface area contributed by atoms with Gasteiger partial charge in [0, 0.05) is 19.6 Å². The van der Waals surface area contributed by atoms with Gasteiger partial charge >= 0.3 is 0 Å². The number of carbonyl (C=O) groups excluding carboxylic acids is 2. The zero-order valence-electron chi connectivity index (χ0n) is 15.6. The fraction of sp³-hybridized carbons (Fsp3) is 0.474. The summed E-state index contributed by atoms with van der Waals surface area (Å²) in [6, 6.07) is 5.90. The minimum atomic E-state index is -0.519. The maximum atomic E-state index is 13.9. The molecule has 1 aromatic heterocycles. The van der Waals surface area contributed by atoms with E-state index < -0.39 is 5.82 Å². The second-order valence-corrected chi connectivity index (χ2v) is 7.21. The van der Waals surface area contributed by atoms with Crippen LogP contribution in [0.4, 0.5) is 4.39 Å². The number of hydrogen-bond acceptors (Lipinski definition) is 4. The molecule has 1 aromatic carbocycles. The predicted octanol–water partition coefficient (Wildman–Crippen LogP) is 2.28. The maximum absolute atomic E-state index is 13.9. The molecule has 0 spiro atoms. The summed E-state index contributed by atoms with van der Waals surface area (Å²) in [5, 5.41) is 10.8. The Morgan fingerprint density at radius 2 is 2.11 bits per heavy atom. The van der Waals surface area contributed by atoms with E-state index in [2.05, 4.69) is 15.6 Å². The highest BCUT2D eigenvalue weighted by molar-refractivity contribution is 5.94. The van der Waals surface area contributed by atoms with Gasteiger partial charge in [0.25, 0.3) is 11.8 Å². The van der Waals surface area contributed by atoms with Crippen LogP contribution in [0.15, 0.2) is 30.5 Å². The summed E-state index contributed by atoms with van der Waals surface area (Å²) < 4.78 is 15.5. The first-order valence-corrected chi connectivity index (χ1v) is 9.19. The molecule has 0 saturated carbocycles. The molecule has 2 heterocycles. The summed E-state index contributed by atoms with van der Waals surface area (Å²) in [4.78, 5) is 26.4. The van der Waals surface area contributed by atoms with Crippen molar-refractivity contribution in [2.75, 3.05) is 19.6 Å². The molecule has 1 atom stereocenters. The second kappa shape index (κ2) is 8.28. The molecule has 0 bridgehead atoms. The van der Waals surface area contributed by atoms with E-state index in [1.807, 2.05) is 13.8 Å². The number of amides is 2. The van der Waals surface area contributed by atoms with E-state index in [4.69, 9.17) is 0 Å². The predicted molar refractivity (Wildman–Crippen MR) is 97.8 cm³/mol. The van der Waals surface area contributed by atoms with Gasteiger partial charge in [0.1, 0.15) is 5.82 Å². The first-order chi connectivity index (χ1) is 13.0. The third-order valence-electron chi connectivity index (χ3n) is 4.58. The Hall–Kier alpha value is -2.77. The number of nitrogens with one attached hydrogen (secondary N) is 1. The average Bonchev–Trinajstić information content (AvgIpc) is 3.16. The van der Waals surface area contributed by atoms with Crippen molar-refractivity contribution in [2.45, 2.75) is 32.7 Å². The van der Waals surface area contributed by atoms with Gasteiger partial charge in [-0.2, -0.15) is 0 Å². The minimum Gasteiger partial charge on any atom is -0.350 e. The number of carbonyl (C=O) groups is 2. The molecule has 0 radical (unpaired) electrons. The Labute approximate surface area is 157 Å². The molecule has 1 aliphatic rings. The van der Waals surface area contributed by atoms with Crippen molar-refractivity contribution in [3.8, 4) is 0 Å². The summed E-state index contributed by atoms with van der Waals surface area (Å²) in [7, 11) is 0. The fourth-order valence-electron chi connectivity index (χ4n) is 3.11. The largest absolute Gasteiger partial charge is 0.350 e. The number of nitrogens with zero attached hydrogens (tertiary/aromatic N) is 4. The average molecular weight is 373 g/mol. The third kappa shape index (κ3) is 4.50. The van der Waals surface area contributed by atoms with E-state index in [1.54, 1.807) is 27.9 Å². The van der Waals surface area contributed by atoms with Crippen molar-refractivity contribution in [3.05, 3.63) is 47.5 Å². The minimum absolute atomic E-state index is 0.0745. The topological polar surface area (TPSA) is 80.1 Å². The molecule has 1 N–H and O–H groups in total. The van der Waals surface area contributed by atoms with Crippen LogP contribution in [0.3, 0.4) is 0 Å². The van der Waals surface area contributed by atoms with E-state index in [0.29, 0.717) is 25.6 Å². The number of benzene rings is 1. The molecule has 1 aliphatic heterocycles. The van der Waals surface area contributed by atoms with Crippen molar-refractivity contribution in [1.82, 2.24) is 25.2 Å². The van der Waals surface area contributed by atoms with Gasteiger partial charge in [0.05, 0.1) is 17.8 Å². The van der Waals surface area contributed by atoms with Crippen molar-refractivity contribution < 1.29 is 14.0 Å². The van der Waals surface area contributed by atoms with Crippen LogP contribution in [-0.2, 0) is 0 Å². The van der Waals surface area contributed by atoms with Gasteiger partial charge in [-0.25, -0.2) is 9.07 Å². The van der Waals surface area contributed by atoms with Gasteiger partial charge in [-0.3, -0.25) is 9.59 Å². The van der Waals surface area contributed by atoms with Gasteiger partial charge in [0.15, 0.2) is 5.69 Å². The van der Waals surface area contributed by atoms with E-state index in [0.717, 1.165) is 12.8 Å². The highest BCUT2D eigenvalue weighted by Crippen LogP contribution is 2.23. The number of halogens is 1. The van der Waals surface area contributed by atoms with Crippen molar-refractivity contribution >= 4 is 11.8 Å². The lowest BCUT2D eigenvalue weighted by Gasteiger charge is -2.32. The first kappa shape index (κ1) is 19.0. The zero-order valence-corrected chi connectivity index (χ0v) is 15.6. The second-order valence-electron chi connectivity index (χ2n) is 7.21. The van der Waals surface area contributed by atoms with Crippen LogP contribution in [-0.4, -0.2) is 51.3 Å². The molecule has 1 saturated heterocycles. The SMILES string of the molecule is CC(C)CNC(=O)c1cn(C2CCCN(C(=O)c3ccccc3F)C2)nn1. The van der Waals surface area contributed by atoms with E-state index in [1.165, 1.54) is 12.1 Å². The van der Waals surface area contributed by atoms with Crippen LogP contribution in [0.5, 0.6) is 0 Å². The standard InChI is InChI=1S/C19H24FN5O2/c1-13(2)10-21-18(26)17-12-25(23-22-17)14-6-5-9-24(11-14)19(27)15-7-3-4-8-16(15)20/h3-4,7-8,12-14H,5-6,9-11H2,1-2H3,(H,21,26). The highest BCUT2D eigenvalue weighted by atomic mass is 19.1. The monoisotopic (exact) mass is 373 g/mol. The van der Waals surface area contributed by atoms with E-state index >= 15 is 0 Å². The molecule has 3 rings (SSSR count). The van der Waals surface area contributed by atoms with Gasteiger partial charge < -0.3 is 10.2 Å². The van der Waals surface area contributed by atoms with Gasteiger partial charge in [-0.15, -0.1) is 5.10 Å². The molecule has 7 nitrogen and oxygen atoms in total. The lowest BCUT2D eigenvalue weighted by atomic mass is 10.0. The number of likely N-dealkylation sites (tertiary alicyclic amines) is 1. The first-order valence-electron chi connectivity index (χ1n) is 9.19. The lowest BCUT2D eigenvalue weighted by molar-refractivity contribution is 0.0666. The molecule has 0 aliphatic carbocycles. The number of hydrogen-bond donors (Lipinski definition) is 1. The normalized spacial score (nSPS) is 17.2. The molecular weight excluding hydrogens is 349 g/mol. The summed E-state index contributed by atoms with van der Waals surface area (Å²) in [6.07, 6.45) is 3.20. The Bertz CT molecular complexity index is 820. The van der Waals surface area contributed by atoms with Crippen LogP contribution >= 0.6 is 0 Å². The van der Waals surface area contributed by atoms with Crippen LogP contribution < -0.4 is 5.32 Å². The Morgan fingerprint density at radius 1 is 1.33 bits per heavy atom. The number of aromatic nitrogens is 3. The highest BCUT2D eigenvalue weighted by Gasteiger charge is 2.28. The third-order valence-corrected chi connectivity index (χ3v) is 4.58.